The summed E-state index contributed by atoms with van der Waals surface area (Å²) in [6.07, 6.45) is 0. The first kappa shape index (κ1) is 22.3. The molecule has 0 unspecified atom stereocenters. The zero-order valence-electron chi connectivity index (χ0n) is 15.8. The quantitative estimate of drug-likeness (QED) is 0.496. The third-order valence-corrected chi connectivity index (χ3v) is 4.60. The second-order valence-corrected chi connectivity index (χ2v) is 7.10. The van der Waals surface area contributed by atoms with Crippen LogP contribution >= 0.6 is 23.2 Å². The summed E-state index contributed by atoms with van der Waals surface area (Å²) in [5.41, 5.74) is 0.632. The molecule has 0 fully saturated rings. The summed E-state index contributed by atoms with van der Waals surface area (Å²) in [5, 5.41) is 5.67. The van der Waals surface area contributed by atoms with Crippen molar-refractivity contribution in [1.82, 2.24) is 0 Å². The molecule has 0 atom stereocenters. The maximum Gasteiger partial charge on any atom is 0.340 e. The van der Waals surface area contributed by atoms with Crippen LogP contribution in [0.2, 0.25) is 10.0 Å². The summed E-state index contributed by atoms with van der Waals surface area (Å²) in [4.78, 5) is 37.0. The zero-order chi connectivity index (χ0) is 22.4. The first-order valence-electron chi connectivity index (χ1n) is 8.91. The van der Waals surface area contributed by atoms with Gasteiger partial charge in [-0.2, -0.15) is 0 Å². The molecule has 3 aromatic carbocycles. The molecule has 0 heterocycles. The van der Waals surface area contributed by atoms with Gasteiger partial charge in [-0.25, -0.2) is 9.18 Å². The van der Waals surface area contributed by atoms with E-state index >= 15 is 0 Å². The number of carbonyl (C=O) groups excluding carboxylic acids is 3. The molecule has 9 heteroatoms. The van der Waals surface area contributed by atoms with Crippen LogP contribution in [0.3, 0.4) is 0 Å². The van der Waals surface area contributed by atoms with Gasteiger partial charge in [0.1, 0.15) is 5.82 Å². The van der Waals surface area contributed by atoms with Gasteiger partial charge >= 0.3 is 5.97 Å². The lowest BCUT2D eigenvalue weighted by Gasteiger charge is -2.12. The highest BCUT2D eigenvalue weighted by atomic mass is 35.5. The molecule has 0 aliphatic carbocycles. The summed E-state index contributed by atoms with van der Waals surface area (Å²) < 4.78 is 18.1. The Bertz CT molecular complexity index is 1140. The molecule has 6 nitrogen and oxygen atoms in total. The lowest BCUT2D eigenvalue weighted by molar-refractivity contribution is -0.119. The number of nitrogens with one attached hydrogen (secondary N) is 2. The van der Waals surface area contributed by atoms with E-state index in [1.807, 2.05) is 0 Å². The van der Waals surface area contributed by atoms with Gasteiger partial charge in [-0.15, -0.1) is 0 Å². The minimum Gasteiger partial charge on any atom is -0.452 e. The van der Waals surface area contributed by atoms with Crippen molar-refractivity contribution in [3.8, 4) is 0 Å². The highest BCUT2D eigenvalue weighted by Gasteiger charge is 2.18. The van der Waals surface area contributed by atoms with Gasteiger partial charge in [0.15, 0.2) is 6.61 Å². The summed E-state index contributed by atoms with van der Waals surface area (Å²) >= 11 is 11.9. The molecule has 0 bridgehead atoms. The molecule has 0 radical (unpaired) electrons. The number of anilines is 2. The fourth-order valence-corrected chi connectivity index (χ4v) is 2.91. The molecule has 0 aliphatic rings. The number of halogens is 3. The van der Waals surface area contributed by atoms with Gasteiger partial charge in [0.05, 0.1) is 22.0 Å². The largest absolute Gasteiger partial charge is 0.452 e. The smallest absolute Gasteiger partial charge is 0.340 e. The van der Waals surface area contributed by atoms with Gasteiger partial charge in [-0.3, -0.25) is 9.59 Å². The van der Waals surface area contributed by atoms with E-state index in [0.29, 0.717) is 10.7 Å². The van der Waals surface area contributed by atoms with Crippen molar-refractivity contribution in [3.63, 3.8) is 0 Å². The van der Waals surface area contributed by atoms with Crippen molar-refractivity contribution in [2.45, 2.75) is 0 Å². The maximum atomic E-state index is 13.1. The minimum absolute atomic E-state index is 0.00888. The molecule has 2 amide bonds. The molecule has 0 aliphatic heterocycles. The highest BCUT2D eigenvalue weighted by Crippen LogP contribution is 2.23. The van der Waals surface area contributed by atoms with Gasteiger partial charge in [0.25, 0.3) is 11.8 Å². The van der Waals surface area contributed by atoms with Gasteiger partial charge in [-0.1, -0.05) is 35.3 Å². The van der Waals surface area contributed by atoms with Gasteiger partial charge in [0.2, 0.25) is 0 Å². The predicted molar refractivity (Wildman–Crippen MR) is 116 cm³/mol. The van der Waals surface area contributed by atoms with Crippen molar-refractivity contribution in [1.29, 1.82) is 0 Å². The average molecular weight is 461 g/mol. The number of amides is 2. The van der Waals surface area contributed by atoms with E-state index in [9.17, 15) is 18.8 Å². The Balaban J connectivity index is 1.68. The second kappa shape index (κ2) is 10.1. The van der Waals surface area contributed by atoms with E-state index in [4.69, 9.17) is 27.9 Å². The number of benzene rings is 3. The molecule has 3 aromatic rings. The predicted octanol–water partition coefficient (Wildman–Crippen LogP) is 5.18. The van der Waals surface area contributed by atoms with Crippen LogP contribution < -0.4 is 10.6 Å². The third-order valence-electron chi connectivity index (χ3n) is 4.04. The summed E-state index contributed by atoms with van der Waals surface area (Å²) in [6, 6.07) is 15.6. The van der Waals surface area contributed by atoms with E-state index in [1.54, 1.807) is 24.3 Å². The number of hydrogen-bond acceptors (Lipinski definition) is 4. The van der Waals surface area contributed by atoms with Crippen LogP contribution in [0.25, 0.3) is 0 Å². The van der Waals surface area contributed by atoms with Crippen LogP contribution in [0.4, 0.5) is 15.8 Å². The fourth-order valence-electron chi connectivity index (χ4n) is 2.55. The topological polar surface area (TPSA) is 84.5 Å². The molecule has 0 saturated carbocycles. The Morgan fingerprint density at radius 2 is 1.58 bits per heavy atom. The molecular weight excluding hydrogens is 446 g/mol. The number of esters is 1. The second-order valence-electron chi connectivity index (χ2n) is 6.26. The number of para-hydroxylation sites is 1. The minimum atomic E-state index is -0.847. The number of ether oxygens (including phenoxy) is 1. The van der Waals surface area contributed by atoms with Crippen LogP contribution in [-0.4, -0.2) is 24.4 Å². The molecule has 0 aromatic heterocycles. The maximum absolute atomic E-state index is 13.1. The van der Waals surface area contributed by atoms with Gasteiger partial charge in [0, 0.05) is 10.6 Å². The zero-order valence-corrected chi connectivity index (χ0v) is 17.3. The Kier molecular flexibility index (Phi) is 7.23. The van der Waals surface area contributed by atoms with Gasteiger partial charge in [-0.05, 0) is 54.6 Å². The standard InChI is InChI=1S/C22H15Cl2FN2O4/c23-14-7-10-16(19(11-14)27-21(29)13-5-8-15(25)9-6-13)22(30)31-12-20(28)26-18-4-2-1-3-17(18)24/h1-11H,12H2,(H,26,28)(H,27,29). The van der Waals surface area contributed by atoms with E-state index in [2.05, 4.69) is 10.6 Å². The Morgan fingerprint density at radius 1 is 0.871 bits per heavy atom. The van der Waals surface area contributed by atoms with Gasteiger partial charge < -0.3 is 15.4 Å². The Labute approximate surface area is 186 Å². The highest BCUT2D eigenvalue weighted by molar-refractivity contribution is 6.33. The van der Waals surface area contributed by atoms with Crippen molar-refractivity contribution in [3.05, 3.63) is 93.7 Å². The molecule has 3 rings (SSSR count). The van der Waals surface area contributed by atoms with Crippen molar-refractivity contribution < 1.29 is 23.5 Å². The first-order chi connectivity index (χ1) is 14.8. The Hall–Kier alpha value is -3.42. The third kappa shape index (κ3) is 6.04. The molecule has 158 valence electrons. The number of rotatable bonds is 6. The van der Waals surface area contributed by atoms with E-state index in [0.717, 1.165) is 12.1 Å². The molecule has 0 saturated heterocycles. The monoisotopic (exact) mass is 460 g/mol. The SMILES string of the molecule is O=C(COC(=O)c1ccc(Cl)cc1NC(=O)c1ccc(F)cc1)Nc1ccccc1Cl. The summed E-state index contributed by atoms with van der Waals surface area (Å²) in [6.45, 7) is -0.571. The lowest BCUT2D eigenvalue weighted by atomic mass is 10.1. The van der Waals surface area contributed by atoms with E-state index in [-0.39, 0.29) is 21.8 Å². The van der Waals surface area contributed by atoms with Crippen molar-refractivity contribution >= 4 is 52.4 Å². The van der Waals surface area contributed by atoms with E-state index < -0.39 is 30.2 Å². The van der Waals surface area contributed by atoms with Crippen LogP contribution in [0.1, 0.15) is 20.7 Å². The number of hydrogen-bond donors (Lipinski definition) is 2. The number of carbonyl (C=O) groups is 3. The average Bonchev–Trinajstić information content (AvgIpc) is 2.74. The van der Waals surface area contributed by atoms with Crippen molar-refractivity contribution in [2.24, 2.45) is 0 Å². The van der Waals surface area contributed by atoms with E-state index in [1.165, 1.54) is 30.3 Å². The normalized spacial score (nSPS) is 10.3. The van der Waals surface area contributed by atoms with Crippen LogP contribution in [-0.2, 0) is 9.53 Å². The summed E-state index contributed by atoms with van der Waals surface area (Å²) in [5.74, 6) is -2.50. The van der Waals surface area contributed by atoms with Crippen LogP contribution in [0.15, 0.2) is 66.7 Å². The summed E-state index contributed by atoms with van der Waals surface area (Å²) in [7, 11) is 0. The van der Waals surface area contributed by atoms with Crippen LogP contribution in [0, 0.1) is 5.82 Å². The molecular formula is C22H15Cl2FN2O4. The first-order valence-corrected chi connectivity index (χ1v) is 9.67. The molecule has 31 heavy (non-hydrogen) atoms. The van der Waals surface area contributed by atoms with Crippen LogP contribution in [0.5, 0.6) is 0 Å². The fraction of sp³-hybridized carbons (Fsp3) is 0.0455. The Morgan fingerprint density at radius 3 is 2.29 bits per heavy atom. The van der Waals surface area contributed by atoms with Crippen molar-refractivity contribution in [2.75, 3.05) is 17.2 Å². The lowest BCUT2D eigenvalue weighted by Crippen LogP contribution is -2.22. The molecule has 2 N–H and O–H groups in total. The molecule has 0 spiro atoms.